The highest BCUT2D eigenvalue weighted by Gasteiger charge is 2.06. The Labute approximate surface area is 87.3 Å². The van der Waals surface area contributed by atoms with Gasteiger partial charge in [0, 0.05) is 19.3 Å². The third kappa shape index (κ3) is 2.11. The van der Waals surface area contributed by atoms with Gasteiger partial charge in [-0.2, -0.15) is 13.6 Å². The Morgan fingerprint density at radius 1 is 1.33 bits per heavy atom. The minimum Gasteiger partial charge on any atom is -0.371 e. The summed E-state index contributed by atoms with van der Waals surface area (Å²) in [5, 5.41) is 5.78. The van der Waals surface area contributed by atoms with E-state index in [0.29, 0.717) is 0 Å². The summed E-state index contributed by atoms with van der Waals surface area (Å²) in [7, 11) is -2.09. The molecule has 1 aromatic heterocycles. The summed E-state index contributed by atoms with van der Waals surface area (Å²) in [6.45, 7) is 0. The Hall–Kier alpha value is -1.53. The van der Waals surface area contributed by atoms with Gasteiger partial charge in [0.25, 0.3) is 0 Å². The van der Waals surface area contributed by atoms with Crippen LogP contribution in [0, 0.1) is 0 Å². The first-order valence-corrected chi connectivity index (χ1v) is 5.70. The maximum Gasteiger partial charge on any atom is 0.380 e. The summed E-state index contributed by atoms with van der Waals surface area (Å²) in [4.78, 5) is 0. The fraction of sp³-hybridized carbons (Fsp3) is 0.111. The van der Waals surface area contributed by atoms with Crippen molar-refractivity contribution < 1.29 is 12.6 Å². The zero-order valence-electron chi connectivity index (χ0n) is 8.04. The van der Waals surface area contributed by atoms with E-state index in [0.717, 1.165) is 10.9 Å². The predicted octanol–water partition coefficient (Wildman–Crippen LogP) is 0.761. The van der Waals surface area contributed by atoms with Gasteiger partial charge in [0.1, 0.15) is 5.75 Å². The van der Waals surface area contributed by atoms with E-state index in [1.165, 1.54) is 0 Å². The van der Waals surface area contributed by atoms with Crippen LogP contribution in [0.25, 0.3) is 10.9 Å². The minimum atomic E-state index is -3.95. The van der Waals surface area contributed by atoms with Crippen LogP contribution < -0.4 is 9.32 Å². The fourth-order valence-corrected chi connectivity index (χ4v) is 1.80. The van der Waals surface area contributed by atoms with E-state index in [9.17, 15) is 8.42 Å². The van der Waals surface area contributed by atoms with E-state index in [1.54, 1.807) is 18.2 Å². The van der Waals surface area contributed by atoms with Crippen molar-refractivity contribution >= 4 is 21.2 Å². The molecule has 2 aromatic rings. The molecule has 0 amide bonds. The minimum absolute atomic E-state index is 0.215. The molecular weight excluding hydrogens is 216 g/mol. The maximum absolute atomic E-state index is 10.7. The highest BCUT2D eigenvalue weighted by atomic mass is 32.2. The maximum atomic E-state index is 10.7. The van der Waals surface area contributed by atoms with Crippen molar-refractivity contribution in [2.45, 2.75) is 0 Å². The summed E-state index contributed by atoms with van der Waals surface area (Å²) < 4.78 is 27.9. The van der Waals surface area contributed by atoms with Crippen LogP contribution in [-0.2, 0) is 17.4 Å². The number of benzene rings is 1. The van der Waals surface area contributed by atoms with Gasteiger partial charge >= 0.3 is 10.3 Å². The molecule has 6 heteroatoms. The number of aryl methyl sites for hydroxylation is 1. The van der Waals surface area contributed by atoms with Crippen molar-refractivity contribution in [2.24, 2.45) is 12.2 Å². The lowest BCUT2D eigenvalue weighted by atomic mass is 10.2. The number of hydrogen-bond donors (Lipinski definition) is 1. The highest BCUT2D eigenvalue weighted by molar-refractivity contribution is 7.84. The molecule has 0 aliphatic rings. The molecule has 0 unspecified atom stereocenters. The number of fused-ring (bicyclic) bond motifs is 1. The standard InChI is InChI=1S/C9H10N2O3S/c1-11-5-4-7-2-3-8(6-9(7)11)14-15(10,12)13/h2-6H,1H3,(H2,10,12,13). The Morgan fingerprint density at radius 2 is 2.07 bits per heavy atom. The van der Waals surface area contributed by atoms with Crippen LogP contribution in [0.5, 0.6) is 5.75 Å². The number of aromatic nitrogens is 1. The van der Waals surface area contributed by atoms with Crippen LogP contribution in [0.15, 0.2) is 30.5 Å². The second kappa shape index (κ2) is 3.25. The molecule has 0 saturated carbocycles. The Bertz CT molecular complexity index is 601. The molecule has 0 aliphatic carbocycles. The average molecular weight is 226 g/mol. The van der Waals surface area contributed by atoms with Gasteiger partial charge in [-0.1, -0.05) is 0 Å². The van der Waals surface area contributed by atoms with E-state index in [2.05, 4.69) is 4.18 Å². The molecule has 0 fully saturated rings. The molecule has 15 heavy (non-hydrogen) atoms. The Morgan fingerprint density at radius 3 is 2.73 bits per heavy atom. The second-order valence-electron chi connectivity index (χ2n) is 3.22. The quantitative estimate of drug-likeness (QED) is 0.821. The van der Waals surface area contributed by atoms with Crippen molar-refractivity contribution in [1.29, 1.82) is 0 Å². The Balaban J connectivity index is 2.51. The molecule has 1 heterocycles. The van der Waals surface area contributed by atoms with E-state index in [1.807, 2.05) is 23.9 Å². The average Bonchev–Trinajstić information content (AvgIpc) is 2.45. The molecule has 2 N–H and O–H groups in total. The van der Waals surface area contributed by atoms with Crippen LogP contribution in [-0.4, -0.2) is 13.0 Å². The monoisotopic (exact) mass is 226 g/mol. The van der Waals surface area contributed by atoms with Gasteiger partial charge in [0.05, 0.1) is 5.52 Å². The van der Waals surface area contributed by atoms with Gasteiger partial charge in [-0.25, -0.2) is 0 Å². The van der Waals surface area contributed by atoms with Crippen LogP contribution in [0.3, 0.4) is 0 Å². The first-order valence-electron chi connectivity index (χ1n) is 4.23. The molecule has 1 aromatic carbocycles. The third-order valence-electron chi connectivity index (χ3n) is 2.07. The molecule has 2 rings (SSSR count). The van der Waals surface area contributed by atoms with E-state index in [4.69, 9.17) is 5.14 Å². The molecule has 0 atom stereocenters. The molecule has 0 radical (unpaired) electrons. The third-order valence-corrected chi connectivity index (χ3v) is 2.50. The van der Waals surface area contributed by atoms with Gasteiger partial charge in [-0.15, -0.1) is 0 Å². The first-order chi connectivity index (χ1) is 6.96. The van der Waals surface area contributed by atoms with Crippen LogP contribution in [0.4, 0.5) is 0 Å². The normalized spacial score (nSPS) is 11.9. The number of hydrogen-bond acceptors (Lipinski definition) is 3. The zero-order valence-corrected chi connectivity index (χ0v) is 8.86. The van der Waals surface area contributed by atoms with E-state index >= 15 is 0 Å². The van der Waals surface area contributed by atoms with Crippen molar-refractivity contribution in [3.05, 3.63) is 30.5 Å². The van der Waals surface area contributed by atoms with Crippen molar-refractivity contribution in [1.82, 2.24) is 4.57 Å². The lowest BCUT2D eigenvalue weighted by Gasteiger charge is -2.03. The SMILES string of the molecule is Cn1ccc2ccc(OS(N)(=O)=O)cc21. The largest absolute Gasteiger partial charge is 0.380 e. The first kappa shape index (κ1) is 10.0. The number of rotatable bonds is 2. The molecule has 0 bridgehead atoms. The molecule has 0 spiro atoms. The van der Waals surface area contributed by atoms with Crippen molar-refractivity contribution in [3.8, 4) is 5.75 Å². The van der Waals surface area contributed by atoms with E-state index in [-0.39, 0.29) is 5.75 Å². The Kier molecular flexibility index (Phi) is 2.17. The van der Waals surface area contributed by atoms with Crippen LogP contribution in [0.2, 0.25) is 0 Å². The molecule has 80 valence electrons. The molecular formula is C9H10N2O3S. The van der Waals surface area contributed by atoms with Gasteiger partial charge < -0.3 is 8.75 Å². The van der Waals surface area contributed by atoms with Gasteiger partial charge in [0.2, 0.25) is 0 Å². The second-order valence-corrected chi connectivity index (χ2v) is 4.38. The van der Waals surface area contributed by atoms with Gasteiger partial charge in [0.15, 0.2) is 0 Å². The topological polar surface area (TPSA) is 74.3 Å². The molecule has 5 nitrogen and oxygen atoms in total. The summed E-state index contributed by atoms with van der Waals surface area (Å²) in [6, 6.07) is 6.89. The predicted molar refractivity (Wildman–Crippen MR) is 56.7 cm³/mol. The van der Waals surface area contributed by atoms with E-state index < -0.39 is 10.3 Å². The summed E-state index contributed by atoms with van der Waals surface area (Å²) in [5.41, 5.74) is 0.885. The molecule has 0 aliphatic heterocycles. The lowest BCUT2D eigenvalue weighted by molar-refractivity contribution is 0.488. The fourth-order valence-electron chi connectivity index (χ4n) is 1.43. The van der Waals surface area contributed by atoms with Crippen molar-refractivity contribution in [2.75, 3.05) is 0 Å². The zero-order chi connectivity index (χ0) is 11.1. The summed E-state index contributed by atoms with van der Waals surface area (Å²) in [5.74, 6) is 0.215. The van der Waals surface area contributed by atoms with Gasteiger partial charge in [-0.3, -0.25) is 0 Å². The number of nitrogens with zero attached hydrogens (tertiary/aromatic N) is 1. The van der Waals surface area contributed by atoms with Crippen LogP contribution >= 0.6 is 0 Å². The lowest BCUT2D eigenvalue weighted by Crippen LogP contribution is -2.18. The smallest absolute Gasteiger partial charge is 0.371 e. The summed E-state index contributed by atoms with van der Waals surface area (Å²) >= 11 is 0. The summed E-state index contributed by atoms with van der Waals surface area (Å²) in [6.07, 6.45) is 1.88. The van der Waals surface area contributed by atoms with Crippen LogP contribution in [0.1, 0.15) is 0 Å². The number of nitrogens with two attached hydrogens (primary N) is 1. The highest BCUT2D eigenvalue weighted by Crippen LogP contribution is 2.21. The van der Waals surface area contributed by atoms with Gasteiger partial charge in [-0.05, 0) is 23.6 Å². The molecule has 0 saturated heterocycles. The van der Waals surface area contributed by atoms with Crippen molar-refractivity contribution in [3.63, 3.8) is 0 Å².